The first-order valence-electron chi connectivity index (χ1n) is 11.5. The Kier molecular flexibility index (Phi) is 19.7. The minimum absolute atomic E-state index is 0.0420. The molecule has 0 aliphatic carbocycles. The molecule has 0 aromatic rings. The van der Waals surface area contributed by atoms with E-state index in [1.807, 2.05) is 0 Å². The van der Waals surface area contributed by atoms with Gasteiger partial charge in [0.15, 0.2) is 0 Å². The molecule has 0 radical (unpaired) electrons. The Morgan fingerprint density at radius 1 is 0.714 bits per heavy atom. The fourth-order valence-electron chi connectivity index (χ4n) is 3.30. The van der Waals surface area contributed by atoms with E-state index in [0.29, 0.717) is 19.3 Å². The highest BCUT2D eigenvalue weighted by Crippen LogP contribution is 2.16. The summed E-state index contributed by atoms with van der Waals surface area (Å²) in [7, 11) is -3.83. The lowest BCUT2D eigenvalue weighted by molar-refractivity contribution is -0.929. The number of hydrogen-bond acceptors (Lipinski definition) is 3. The van der Waals surface area contributed by atoms with Gasteiger partial charge in [-0.1, -0.05) is 53.4 Å². The first-order valence-corrected chi connectivity index (χ1v) is 13.1. The topological polar surface area (TPSA) is 71.4 Å². The smallest absolute Gasteiger partial charge is 0.264 e. The van der Waals surface area contributed by atoms with Crippen LogP contribution in [0.4, 0.5) is 0 Å². The summed E-state index contributed by atoms with van der Waals surface area (Å²) >= 11 is 0. The van der Waals surface area contributed by atoms with Gasteiger partial charge in [-0.25, -0.2) is 0 Å². The lowest BCUT2D eigenvalue weighted by atomic mass is 10.1. The van der Waals surface area contributed by atoms with Crippen LogP contribution in [0.5, 0.6) is 0 Å². The number of carbonyl (C=O) groups is 1. The SMILES string of the molecule is CC(=O)CCCCS(=O)(=O)O.CCCC[N+](CCCC)(CCCC)CCCC. The number of unbranched alkanes of at least 4 members (excludes halogenated alkanes) is 5. The second-order valence-corrected chi connectivity index (χ2v) is 9.67. The number of ketones is 1. The van der Waals surface area contributed by atoms with Gasteiger partial charge in [0, 0.05) is 6.42 Å². The van der Waals surface area contributed by atoms with Crippen LogP contribution in [0.3, 0.4) is 0 Å². The quantitative estimate of drug-likeness (QED) is 0.187. The van der Waals surface area contributed by atoms with Crippen molar-refractivity contribution in [2.75, 3.05) is 31.9 Å². The molecule has 0 fully saturated rings. The largest absolute Gasteiger partial charge is 0.324 e. The molecule has 6 heteroatoms. The standard InChI is InChI=1S/C16H36N.C6H12O4S/c1-5-9-13-17(14-10-6-2,15-11-7-3)16-12-8-4;1-6(7)4-2-3-5-11(8,9)10/h5-16H2,1-4H3;2-5H2,1H3,(H,8,9,10)/q+1;. The molecule has 0 aromatic heterocycles. The van der Waals surface area contributed by atoms with Crippen molar-refractivity contribution in [1.82, 2.24) is 0 Å². The van der Waals surface area contributed by atoms with Gasteiger partial charge in [0.25, 0.3) is 10.1 Å². The van der Waals surface area contributed by atoms with E-state index < -0.39 is 10.1 Å². The highest BCUT2D eigenvalue weighted by molar-refractivity contribution is 7.85. The maximum Gasteiger partial charge on any atom is 0.264 e. The Labute approximate surface area is 175 Å². The molecule has 5 nitrogen and oxygen atoms in total. The van der Waals surface area contributed by atoms with Crippen LogP contribution < -0.4 is 0 Å². The summed E-state index contributed by atoms with van der Waals surface area (Å²) in [6.07, 6.45) is 12.3. The summed E-state index contributed by atoms with van der Waals surface area (Å²) in [6.45, 7) is 16.5. The average Bonchev–Trinajstić information content (AvgIpc) is 2.64. The number of rotatable bonds is 17. The molecular weight excluding hydrogens is 374 g/mol. The first kappa shape index (κ1) is 29.7. The maximum atomic E-state index is 10.4. The normalized spacial score (nSPS) is 11.8. The monoisotopic (exact) mass is 422 g/mol. The lowest BCUT2D eigenvalue weighted by Crippen LogP contribution is -2.50. The molecule has 0 saturated heterocycles. The molecule has 0 amide bonds. The van der Waals surface area contributed by atoms with E-state index in [4.69, 9.17) is 4.55 Å². The van der Waals surface area contributed by atoms with Crippen molar-refractivity contribution >= 4 is 15.9 Å². The maximum absolute atomic E-state index is 10.4. The molecule has 0 unspecified atom stereocenters. The van der Waals surface area contributed by atoms with Gasteiger partial charge in [-0.2, -0.15) is 8.42 Å². The van der Waals surface area contributed by atoms with Crippen LogP contribution in [0, 0.1) is 0 Å². The van der Waals surface area contributed by atoms with E-state index in [-0.39, 0.29) is 11.5 Å². The molecule has 0 aromatic carbocycles. The molecule has 1 N–H and O–H groups in total. The van der Waals surface area contributed by atoms with Crippen molar-refractivity contribution in [1.29, 1.82) is 0 Å². The van der Waals surface area contributed by atoms with Crippen molar-refractivity contribution in [2.24, 2.45) is 0 Å². The second-order valence-electron chi connectivity index (χ2n) is 8.10. The average molecular weight is 423 g/mol. The van der Waals surface area contributed by atoms with E-state index in [9.17, 15) is 13.2 Å². The predicted molar refractivity (Wildman–Crippen MR) is 120 cm³/mol. The predicted octanol–water partition coefficient (Wildman–Crippen LogP) is 5.64. The summed E-state index contributed by atoms with van der Waals surface area (Å²) in [5.74, 6) is -0.208. The summed E-state index contributed by atoms with van der Waals surface area (Å²) in [5, 5.41) is 0. The molecule has 0 rings (SSSR count). The van der Waals surface area contributed by atoms with Gasteiger partial charge >= 0.3 is 0 Å². The molecule has 0 spiro atoms. The van der Waals surface area contributed by atoms with Crippen LogP contribution in [0.15, 0.2) is 0 Å². The molecule has 0 atom stereocenters. The second kappa shape index (κ2) is 18.6. The van der Waals surface area contributed by atoms with E-state index in [1.54, 1.807) is 0 Å². The van der Waals surface area contributed by atoms with E-state index in [2.05, 4.69) is 27.7 Å². The fourth-order valence-corrected chi connectivity index (χ4v) is 3.87. The van der Waals surface area contributed by atoms with E-state index in [0.717, 1.165) is 0 Å². The molecule has 0 aliphatic heterocycles. The van der Waals surface area contributed by atoms with Gasteiger partial charge < -0.3 is 9.28 Å². The van der Waals surface area contributed by atoms with Crippen LogP contribution in [-0.2, 0) is 14.9 Å². The van der Waals surface area contributed by atoms with Crippen molar-refractivity contribution in [3.05, 3.63) is 0 Å². The molecule has 0 heterocycles. The Balaban J connectivity index is 0. The first-order chi connectivity index (χ1) is 13.2. The zero-order valence-electron chi connectivity index (χ0n) is 19.3. The zero-order chi connectivity index (χ0) is 21.9. The Hall–Kier alpha value is -0.460. The van der Waals surface area contributed by atoms with Gasteiger partial charge in [0.2, 0.25) is 0 Å². The molecular formula is C22H48NO4S+. The number of quaternary nitrogens is 1. The molecule has 0 saturated carbocycles. The van der Waals surface area contributed by atoms with Crippen LogP contribution in [-0.4, -0.2) is 55.2 Å². The Morgan fingerprint density at radius 3 is 1.32 bits per heavy atom. The van der Waals surface area contributed by atoms with Crippen LogP contribution in [0.2, 0.25) is 0 Å². The third-order valence-corrected chi connectivity index (χ3v) is 5.93. The number of carbonyl (C=O) groups excluding carboxylic acids is 1. The van der Waals surface area contributed by atoms with Crippen molar-refractivity contribution in [2.45, 2.75) is 105 Å². The minimum Gasteiger partial charge on any atom is -0.324 e. The highest BCUT2D eigenvalue weighted by Gasteiger charge is 2.24. The van der Waals surface area contributed by atoms with E-state index in [1.165, 1.54) is 89.0 Å². The molecule has 28 heavy (non-hydrogen) atoms. The van der Waals surface area contributed by atoms with E-state index >= 15 is 0 Å². The van der Waals surface area contributed by atoms with Gasteiger partial charge in [0.1, 0.15) is 5.78 Å². The number of nitrogens with zero attached hydrogens (tertiary/aromatic N) is 1. The number of Topliss-reactive ketones (excluding diaryl/α,β-unsaturated/α-hetero) is 1. The Morgan fingerprint density at radius 2 is 1.07 bits per heavy atom. The number of hydrogen-bond donors (Lipinski definition) is 1. The van der Waals surface area contributed by atoms with Gasteiger partial charge in [-0.05, 0) is 45.4 Å². The minimum atomic E-state index is -3.83. The van der Waals surface area contributed by atoms with Crippen molar-refractivity contribution in [3.63, 3.8) is 0 Å². The summed E-state index contributed by atoms with van der Waals surface area (Å²) in [5.41, 5.74) is 0. The lowest BCUT2D eigenvalue weighted by Gasteiger charge is -2.39. The van der Waals surface area contributed by atoms with Gasteiger partial charge in [-0.15, -0.1) is 0 Å². The molecule has 170 valence electrons. The molecule has 0 aliphatic rings. The van der Waals surface area contributed by atoms with Crippen LogP contribution >= 0.6 is 0 Å². The molecule has 0 bridgehead atoms. The summed E-state index contributed by atoms with van der Waals surface area (Å²) in [6, 6.07) is 0. The zero-order valence-corrected chi connectivity index (χ0v) is 20.2. The summed E-state index contributed by atoms with van der Waals surface area (Å²) < 4.78 is 30.0. The fraction of sp³-hybridized carbons (Fsp3) is 0.955. The van der Waals surface area contributed by atoms with Crippen LogP contribution in [0.25, 0.3) is 0 Å². The van der Waals surface area contributed by atoms with Gasteiger partial charge in [-0.3, -0.25) is 4.55 Å². The third kappa shape index (κ3) is 20.3. The Bertz CT molecular complexity index is 426. The van der Waals surface area contributed by atoms with Gasteiger partial charge in [0.05, 0.1) is 31.9 Å². The van der Waals surface area contributed by atoms with Crippen LogP contribution in [0.1, 0.15) is 105 Å². The van der Waals surface area contributed by atoms with Crippen molar-refractivity contribution < 1.29 is 22.2 Å². The van der Waals surface area contributed by atoms with Crippen molar-refractivity contribution in [3.8, 4) is 0 Å². The third-order valence-electron chi connectivity index (χ3n) is 5.13. The highest BCUT2D eigenvalue weighted by atomic mass is 32.2. The summed E-state index contributed by atoms with van der Waals surface area (Å²) in [4.78, 5) is 10.4.